The molecule has 0 aliphatic rings. The van der Waals surface area contributed by atoms with Crippen LogP contribution in [0.2, 0.25) is 5.02 Å². The van der Waals surface area contributed by atoms with Gasteiger partial charge in [-0.2, -0.15) is 0 Å². The van der Waals surface area contributed by atoms with Gasteiger partial charge in [0.15, 0.2) is 6.10 Å². The van der Waals surface area contributed by atoms with E-state index < -0.39 is 23.8 Å². The van der Waals surface area contributed by atoms with Crippen molar-refractivity contribution in [3.63, 3.8) is 0 Å². The van der Waals surface area contributed by atoms with Crippen LogP contribution in [0.25, 0.3) is 0 Å². The van der Waals surface area contributed by atoms with E-state index in [0.29, 0.717) is 5.75 Å². The molecular weight excluding hydrogens is 349 g/mol. The Morgan fingerprint density at radius 1 is 1.20 bits per heavy atom. The second-order valence-electron chi connectivity index (χ2n) is 5.35. The number of hydrogen-bond donors (Lipinski definition) is 1. The normalized spacial score (nSPS) is 11.6. The summed E-state index contributed by atoms with van der Waals surface area (Å²) in [5.74, 6) is -1.22. The molecule has 0 spiro atoms. The van der Waals surface area contributed by atoms with Crippen molar-refractivity contribution in [2.45, 2.75) is 20.0 Å². The van der Waals surface area contributed by atoms with Gasteiger partial charge in [-0.1, -0.05) is 17.7 Å². The van der Waals surface area contributed by atoms with Crippen LogP contribution in [0.3, 0.4) is 0 Å². The van der Waals surface area contributed by atoms with E-state index in [0.717, 1.165) is 17.7 Å². The molecule has 0 heterocycles. The summed E-state index contributed by atoms with van der Waals surface area (Å²) in [5, 5.41) is 2.54. The topological polar surface area (TPSA) is 64.6 Å². The van der Waals surface area contributed by atoms with E-state index in [4.69, 9.17) is 21.1 Å². The lowest BCUT2D eigenvalue weighted by Crippen LogP contribution is -2.30. The van der Waals surface area contributed by atoms with E-state index >= 15 is 0 Å². The van der Waals surface area contributed by atoms with Crippen LogP contribution in [-0.4, -0.2) is 25.1 Å². The highest BCUT2D eigenvalue weighted by molar-refractivity contribution is 6.33. The SMILES string of the molecule is COc1cc(C(=O)O[C@@H](C)C(=O)Nc2ccc(F)cc2Cl)ccc1C. The van der Waals surface area contributed by atoms with Crippen LogP contribution in [0.1, 0.15) is 22.8 Å². The van der Waals surface area contributed by atoms with Crippen LogP contribution in [0, 0.1) is 12.7 Å². The minimum absolute atomic E-state index is 0.0511. The molecule has 1 amide bonds. The highest BCUT2D eigenvalue weighted by Crippen LogP contribution is 2.23. The number of aryl methyl sites for hydroxylation is 1. The third kappa shape index (κ3) is 4.70. The summed E-state index contributed by atoms with van der Waals surface area (Å²) < 4.78 is 23.3. The molecule has 0 unspecified atom stereocenters. The van der Waals surface area contributed by atoms with E-state index in [1.54, 1.807) is 18.2 Å². The molecule has 0 aliphatic carbocycles. The summed E-state index contributed by atoms with van der Waals surface area (Å²) in [6.07, 6.45) is -1.07. The Labute approximate surface area is 149 Å². The lowest BCUT2D eigenvalue weighted by molar-refractivity contribution is -0.123. The van der Waals surface area contributed by atoms with Crippen molar-refractivity contribution in [1.82, 2.24) is 0 Å². The zero-order valence-corrected chi connectivity index (χ0v) is 14.7. The highest BCUT2D eigenvalue weighted by Gasteiger charge is 2.20. The standard InChI is InChI=1S/C18H17ClFNO4/c1-10-4-5-12(8-16(10)24-3)18(23)25-11(2)17(22)21-15-7-6-13(20)9-14(15)19/h4-9,11H,1-3H3,(H,21,22)/t11-/m0/s1. The molecule has 0 bridgehead atoms. The molecule has 7 heteroatoms. The molecule has 132 valence electrons. The number of amides is 1. The summed E-state index contributed by atoms with van der Waals surface area (Å²) >= 11 is 5.85. The number of carbonyl (C=O) groups is 2. The van der Waals surface area contributed by atoms with Gasteiger partial charge in [0.25, 0.3) is 5.91 Å². The fraction of sp³-hybridized carbons (Fsp3) is 0.222. The number of ether oxygens (including phenoxy) is 2. The van der Waals surface area contributed by atoms with Gasteiger partial charge in [0, 0.05) is 0 Å². The molecular formula is C18H17ClFNO4. The number of halogens is 2. The van der Waals surface area contributed by atoms with Gasteiger partial charge < -0.3 is 14.8 Å². The second kappa shape index (κ2) is 7.98. The molecule has 1 atom stereocenters. The molecule has 0 aromatic heterocycles. The summed E-state index contributed by atoms with van der Waals surface area (Å²) in [6.45, 7) is 3.27. The first-order valence-corrected chi connectivity index (χ1v) is 7.81. The summed E-state index contributed by atoms with van der Waals surface area (Å²) in [7, 11) is 1.50. The van der Waals surface area contributed by atoms with Crippen molar-refractivity contribution in [2.75, 3.05) is 12.4 Å². The monoisotopic (exact) mass is 365 g/mol. The van der Waals surface area contributed by atoms with Crippen molar-refractivity contribution in [3.05, 3.63) is 58.4 Å². The van der Waals surface area contributed by atoms with Crippen LogP contribution >= 0.6 is 11.6 Å². The number of methoxy groups -OCH3 is 1. The summed E-state index contributed by atoms with van der Waals surface area (Å²) in [4.78, 5) is 24.3. The number of nitrogens with one attached hydrogen (secondary N) is 1. The quantitative estimate of drug-likeness (QED) is 0.814. The van der Waals surface area contributed by atoms with Gasteiger partial charge in [0.05, 0.1) is 23.4 Å². The van der Waals surface area contributed by atoms with Gasteiger partial charge in [-0.3, -0.25) is 4.79 Å². The second-order valence-corrected chi connectivity index (χ2v) is 5.75. The molecule has 0 saturated carbocycles. The van der Waals surface area contributed by atoms with E-state index in [-0.39, 0.29) is 16.3 Å². The van der Waals surface area contributed by atoms with E-state index in [1.165, 1.54) is 20.1 Å². The van der Waals surface area contributed by atoms with Crippen molar-refractivity contribution in [1.29, 1.82) is 0 Å². The molecule has 0 radical (unpaired) electrons. The molecule has 25 heavy (non-hydrogen) atoms. The smallest absolute Gasteiger partial charge is 0.339 e. The predicted octanol–water partition coefficient (Wildman–Crippen LogP) is 3.98. The molecule has 0 saturated heterocycles. The number of benzene rings is 2. The first-order valence-electron chi connectivity index (χ1n) is 7.43. The van der Waals surface area contributed by atoms with E-state index in [2.05, 4.69) is 5.32 Å². The van der Waals surface area contributed by atoms with Gasteiger partial charge in [-0.25, -0.2) is 9.18 Å². The number of hydrogen-bond acceptors (Lipinski definition) is 4. The molecule has 2 aromatic rings. The minimum atomic E-state index is -1.07. The maximum absolute atomic E-state index is 13.0. The predicted molar refractivity (Wildman–Crippen MR) is 92.6 cm³/mol. The molecule has 5 nitrogen and oxygen atoms in total. The molecule has 0 fully saturated rings. The first-order chi connectivity index (χ1) is 11.8. The Morgan fingerprint density at radius 2 is 1.92 bits per heavy atom. The van der Waals surface area contributed by atoms with Crippen molar-refractivity contribution in [2.24, 2.45) is 0 Å². The highest BCUT2D eigenvalue weighted by atomic mass is 35.5. The van der Waals surface area contributed by atoms with Crippen molar-refractivity contribution >= 4 is 29.2 Å². The van der Waals surface area contributed by atoms with Crippen LogP contribution in [0.5, 0.6) is 5.75 Å². The maximum atomic E-state index is 13.0. The Morgan fingerprint density at radius 3 is 2.56 bits per heavy atom. The zero-order valence-electron chi connectivity index (χ0n) is 13.9. The van der Waals surface area contributed by atoms with Crippen molar-refractivity contribution < 1.29 is 23.5 Å². The van der Waals surface area contributed by atoms with Crippen LogP contribution < -0.4 is 10.1 Å². The largest absolute Gasteiger partial charge is 0.496 e. The Hall–Kier alpha value is -2.60. The number of anilines is 1. The van der Waals surface area contributed by atoms with Gasteiger partial charge >= 0.3 is 5.97 Å². The van der Waals surface area contributed by atoms with Gasteiger partial charge in [0.2, 0.25) is 0 Å². The Balaban J connectivity index is 2.04. The van der Waals surface area contributed by atoms with Crippen LogP contribution in [0.15, 0.2) is 36.4 Å². The van der Waals surface area contributed by atoms with Crippen LogP contribution in [-0.2, 0) is 9.53 Å². The van der Waals surface area contributed by atoms with Crippen molar-refractivity contribution in [3.8, 4) is 5.75 Å². The zero-order chi connectivity index (χ0) is 18.6. The number of carbonyl (C=O) groups excluding carboxylic acids is 2. The van der Waals surface area contributed by atoms with Gasteiger partial charge in [-0.05, 0) is 49.7 Å². The minimum Gasteiger partial charge on any atom is -0.496 e. The van der Waals surface area contributed by atoms with Gasteiger partial charge in [0.1, 0.15) is 11.6 Å². The van der Waals surface area contributed by atoms with Gasteiger partial charge in [-0.15, -0.1) is 0 Å². The lowest BCUT2D eigenvalue weighted by atomic mass is 10.1. The summed E-state index contributed by atoms with van der Waals surface area (Å²) in [5.41, 5.74) is 1.37. The molecule has 2 aromatic carbocycles. The summed E-state index contributed by atoms with van der Waals surface area (Å²) in [6, 6.07) is 8.41. The third-order valence-corrected chi connectivity index (χ3v) is 3.80. The molecule has 2 rings (SSSR count). The average molecular weight is 366 g/mol. The number of esters is 1. The maximum Gasteiger partial charge on any atom is 0.339 e. The molecule has 1 N–H and O–H groups in total. The fourth-order valence-corrected chi connectivity index (χ4v) is 2.27. The fourth-order valence-electron chi connectivity index (χ4n) is 2.05. The van der Waals surface area contributed by atoms with E-state index in [9.17, 15) is 14.0 Å². The number of rotatable bonds is 5. The molecule has 0 aliphatic heterocycles. The Kier molecular flexibility index (Phi) is 5.98. The van der Waals surface area contributed by atoms with E-state index in [1.807, 2.05) is 6.92 Å². The first kappa shape index (κ1) is 18.7. The third-order valence-electron chi connectivity index (χ3n) is 3.49. The lowest BCUT2D eigenvalue weighted by Gasteiger charge is -2.15. The average Bonchev–Trinajstić information content (AvgIpc) is 2.57. The van der Waals surface area contributed by atoms with Crippen LogP contribution in [0.4, 0.5) is 10.1 Å². The Bertz CT molecular complexity index is 810.